The Morgan fingerprint density at radius 2 is 1.89 bits per heavy atom. The molecular weight excluding hydrogens is 236 g/mol. The van der Waals surface area contributed by atoms with Gasteiger partial charge in [0, 0.05) is 12.7 Å². The Kier molecular flexibility index (Phi) is 4.67. The molecule has 0 saturated carbocycles. The summed E-state index contributed by atoms with van der Waals surface area (Å²) >= 11 is 0. The van der Waals surface area contributed by atoms with Gasteiger partial charge in [0.15, 0.2) is 0 Å². The number of carbonyl (C=O) groups excluding carboxylic acids is 1. The Balaban J connectivity index is 1.98. The molecule has 1 aromatic carbocycles. The summed E-state index contributed by atoms with van der Waals surface area (Å²) in [5, 5.41) is 2.97. The van der Waals surface area contributed by atoms with Crippen LogP contribution in [0.2, 0.25) is 0 Å². The number of rotatable bonds is 5. The predicted molar refractivity (Wildman–Crippen MR) is 75.6 cm³/mol. The summed E-state index contributed by atoms with van der Waals surface area (Å²) in [7, 11) is 0. The van der Waals surface area contributed by atoms with E-state index in [-0.39, 0.29) is 11.8 Å². The third-order valence-corrected chi connectivity index (χ3v) is 3.08. The largest absolute Gasteiger partial charge is 0.351 e. The SMILES string of the molecule is CCC(C(=O)NCc1ccccc1)c1ccccn1. The molecular formula is C16H18N2O. The highest BCUT2D eigenvalue weighted by atomic mass is 16.1. The van der Waals surface area contributed by atoms with Gasteiger partial charge < -0.3 is 5.32 Å². The highest BCUT2D eigenvalue weighted by Gasteiger charge is 2.19. The van der Waals surface area contributed by atoms with Crippen molar-refractivity contribution in [1.29, 1.82) is 0 Å². The maximum atomic E-state index is 12.2. The number of benzene rings is 1. The molecule has 3 nitrogen and oxygen atoms in total. The van der Waals surface area contributed by atoms with Gasteiger partial charge in [0.1, 0.15) is 0 Å². The number of hydrogen-bond donors (Lipinski definition) is 1. The van der Waals surface area contributed by atoms with Gasteiger partial charge in [-0.2, -0.15) is 0 Å². The molecule has 1 unspecified atom stereocenters. The summed E-state index contributed by atoms with van der Waals surface area (Å²) in [6.07, 6.45) is 2.47. The van der Waals surface area contributed by atoms with E-state index in [0.29, 0.717) is 6.54 Å². The predicted octanol–water partition coefficient (Wildman–Crippen LogP) is 2.89. The van der Waals surface area contributed by atoms with E-state index in [4.69, 9.17) is 0 Å². The molecule has 0 aliphatic rings. The van der Waals surface area contributed by atoms with Crippen molar-refractivity contribution in [2.24, 2.45) is 0 Å². The van der Waals surface area contributed by atoms with Gasteiger partial charge in [-0.1, -0.05) is 43.3 Å². The molecule has 1 aromatic heterocycles. The fraction of sp³-hybridized carbons (Fsp3) is 0.250. The van der Waals surface area contributed by atoms with E-state index >= 15 is 0 Å². The third kappa shape index (κ3) is 3.65. The normalized spacial score (nSPS) is 11.8. The summed E-state index contributed by atoms with van der Waals surface area (Å²) in [6, 6.07) is 15.6. The lowest BCUT2D eigenvalue weighted by atomic mass is 10.0. The highest BCUT2D eigenvalue weighted by molar-refractivity contribution is 5.83. The molecule has 19 heavy (non-hydrogen) atoms. The van der Waals surface area contributed by atoms with Crippen LogP contribution in [0.1, 0.15) is 30.5 Å². The quantitative estimate of drug-likeness (QED) is 0.891. The van der Waals surface area contributed by atoms with Crippen LogP contribution in [0.3, 0.4) is 0 Å². The molecule has 1 N–H and O–H groups in total. The van der Waals surface area contributed by atoms with E-state index in [9.17, 15) is 4.79 Å². The van der Waals surface area contributed by atoms with Crippen molar-refractivity contribution in [2.75, 3.05) is 0 Å². The summed E-state index contributed by atoms with van der Waals surface area (Å²) in [5.74, 6) is -0.144. The smallest absolute Gasteiger partial charge is 0.229 e. The van der Waals surface area contributed by atoms with Gasteiger partial charge >= 0.3 is 0 Å². The van der Waals surface area contributed by atoms with E-state index in [1.54, 1.807) is 6.20 Å². The first-order chi connectivity index (χ1) is 9.31. The number of aromatic nitrogens is 1. The van der Waals surface area contributed by atoms with Crippen LogP contribution in [-0.2, 0) is 11.3 Å². The highest BCUT2D eigenvalue weighted by Crippen LogP contribution is 2.17. The first kappa shape index (κ1) is 13.3. The van der Waals surface area contributed by atoms with E-state index in [1.165, 1.54) is 0 Å². The molecule has 1 heterocycles. The zero-order chi connectivity index (χ0) is 13.5. The molecule has 1 atom stereocenters. The van der Waals surface area contributed by atoms with Crippen molar-refractivity contribution < 1.29 is 4.79 Å². The average Bonchev–Trinajstić information content (AvgIpc) is 2.48. The molecule has 0 spiro atoms. The molecule has 1 amide bonds. The van der Waals surface area contributed by atoms with Crippen molar-refractivity contribution in [2.45, 2.75) is 25.8 Å². The molecule has 0 aliphatic heterocycles. The Morgan fingerprint density at radius 1 is 1.16 bits per heavy atom. The summed E-state index contributed by atoms with van der Waals surface area (Å²) in [6.45, 7) is 2.56. The fourth-order valence-electron chi connectivity index (χ4n) is 2.02. The van der Waals surface area contributed by atoms with Gasteiger partial charge in [-0.15, -0.1) is 0 Å². The lowest BCUT2D eigenvalue weighted by Gasteiger charge is -2.14. The minimum atomic E-state index is -0.176. The minimum absolute atomic E-state index is 0.0325. The Labute approximate surface area is 113 Å². The second-order valence-electron chi connectivity index (χ2n) is 4.42. The van der Waals surface area contributed by atoms with Gasteiger partial charge in [-0.3, -0.25) is 9.78 Å². The molecule has 2 aromatic rings. The molecule has 3 heteroatoms. The maximum Gasteiger partial charge on any atom is 0.229 e. The molecule has 98 valence electrons. The Morgan fingerprint density at radius 3 is 2.53 bits per heavy atom. The monoisotopic (exact) mass is 254 g/mol. The minimum Gasteiger partial charge on any atom is -0.351 e. The Bertz CT molecular complexity index is 511. The lowest BCUT2D eigenvalue weighted by molar-refractivity contribution is -0.122. The molecule has 0 aliphatic carbocycles. The van der Waals surface area contributed by atoms with Crippen LogP contribution >= 0.6 is 0 Å². The van der Waals surface area contributed by atoms with Crippen molar-refractivity contribution in [3.05, 3.63) is 66.0 Å². The van der Waals surface area contributed by atoms with Crippen LogP contribution in [0.15, 0.2) is 54.7 Å². The number of nitrogens with zero attached hydrogens (tertiary/aromatic N) is 1. The van der Waals surface area contributed by atoms with E-state index in [2.05, 4.69) is 10.3 Å². The summed E-state index contributed by atoms with van der Waals surface area (Å²) in [4.78, 5) is 16.5. The van der Waals surface area contributed by atoms with Crippen molar-refractivity contribution in [3.63, 3.8) is 0 Å². The van der Waals surface area contributed by atoms with Crippen LogP contribution < -0.4 is 5.32 Å². The van der Waals surface area contributed by atoms with Crippen molar-refractivity contribution in [1.82, 2.24) is 10.3 Å². The molecule has 0 radical (unpaired) electrons. The topological polar surface area (TPSA) is 42.0 Å². The second-order valence-corrected chi connectivity index (χ2v) is 4.42. The van der Waals surface area contributed by atoms with Crippen LogP contribution in [0.25, 0.3) is 0 Å². The number of pyridine rings is 1. The first-order valence-electron chi connectivity index (χ1n) is 6.54. The van der Waals surface area contributed by atoms with Gasteiger partial charge in [0.2, 0.25) is 5.91 Å². The van der Waals surface area contributed by atoms with Crippen LogP contribution in [0.4, 0.5) is 0 Å². The van der Waals surface area contributed by atoms with Gasteiger partial charge in [0.25, 0.3) is 0 Å². The first-order valence-corrected chi connectivity index (χ1v) is 6.54. The van der Waals surface area contributed by atoms with E-state index in [1.807, 2.05) is 55.5 Å². The van der Waals surface area contributed by atoms with Gasteiger partial charge in [0.05, 0.1) is 11.6 Å². The molecule has 0 bridgehead atoms. The fourth-order valence-corrected chi connectivity index (χ4v) is 2.02. The summed E-state index contributed by atoms with van der Waals surface area (Å²) < 4.78 is 0. The van der Waals surface area contributed by atoms with Crippen LogP contribution in [0, 0.1) is 0 Å². The second kappa shape index (κ2) is 6.69. The number of carbonyl (C=O) groups is 1. The zero-order valence-corrected chi connectivity index (χ0v) is 11.0. The van der Waals surface area contributed by atoms with E-state index < -0.39 is 0 Å². The number of hydrogen-bond acceptors (Lipinski definition) is 2. The van der Waals surface area contributed by atoms with Crippen LogP contribution in [-0.4, -0.2) is 10.9 Å². The van der Waals surface area contributed by atoms with Crippen molar-refractivity contribution >= 4 is 5.91 Å². The number of nitrogens with one attached hydrogen (secondary N) is 1. The van der Waals surface area contributed by atoms with Gasteiger partial charge in [-0.05, 0) is 24.1 Å². The van der Waals surface area contributed by atoms with Crippen molar-refractivity contribution in [3.8, 4) is 0 Å². The van der Waals surface area contributed by atoms with Crippen LogP contribution in [0.5, 0.6) is 0 Å². The van der Waals surface area contributed by atoms with Gasteiger partial charge in [-0.25, -0.2) is 0 Å². The molecule has 0 saturated heterocycles. The molecule has 0 fully saturated rings. The number of amides is 1. The average molecular weight is 254 g/mol. The standard InChI is InChI=1S/C16H18N2O/c1-2-14(15-10-6-7-11-17-15)16(19)18-12-13-8-4-3-5-9-13/h3-11,14H,2,12H2,1H3,(H,18,19). The maximum absolute atomic E-state index is 12.2. The lowest BCUT2D eigenvalue weighted by Crippen LogP contribution is -2.29. The third-order valence-electron chi connectivity index (χ3n) is 3.08. The Hall–Kier alpha value is -2.16. The molecule has 2 rings (SSSR count). The van der Waals surface area contributed by atoms with E-state index in [0.717, 1.165) is 17.7 Å². The summed E-state index contributed by atoms with van der Waals surface area (Å²) in [5.41, 5.74) is 1.93. The zero-order valence-electron chi connectivity index (χ0n) is 11.0.